The van der Waals surface area contributed by atoms with Crippen molar-refractivity contribution in [2.24, 2.45) is 5.92 Å². The van der Waals surface area contributed by atoms with Crippen LogP contribution in [0.4, 0.5) is 10.3 Å². The molecule has 25 heavy (non-hydrogen) atoms. The molecule has 1 aromatic heterocycles. The van der Waals surface area contributed by atoms with Crippen LogP contribution < -0.4 is 4.90 Å². The molecule has 0 N–H and O–H groups in total. The van der Waals surface area contributed by atoms with Gasteiger partial charge >= 0.3 is 0 Å². The summed E-state index contributed by atoms with van der Waals surface area (Å²) in [5.74, 6) is 0.770. The summed E-state index contributed by atoms with van der Waals surface area (Å²) in [6.07, 6.45) is 4.80. The van der Waals surface area contributed by atoms with Crippen molar-refractivity contribution in [3.8, 4) is 0 Å². The minimum atomic E-state index is -0.387. The van der Waals surface area contributed by atoms with Gasteiger partial charge in [0.05, 0.1) is 12.4 Å². The summed E-state index contributed by atoms with van der Waals surface area (Å²) >= 11 is 0. The Morgan fingerprint density at radius 1 is 1.04 bits per heavy atom. The van der Waals surface area contributed by atoms with Crippen LogP contribution in [0.2, 0.25) is 0 Å². The lowest BCUT2D eigenvalue weighted by atomic mass is 9.84. The molecule has 2 aliphatic heterocycles. The second-order valence-corrected chi connectivity index (χ2v) is 6.96. The molecule has 5 heteroatoms. The van der Waals surface area contributed by atoms with Crippen LogP contribution in [0.15, 0.2) is 49.3 Å². The van der Waals surface area contributed by atoms with Gasteiger partial charge < -0.3 is 4.90 Å². The summed E-state index contributed by atoms with van der Waals surface area (Å²) in [4.78, 5) is 13.0. The molecule has 4 nitrogen and oxygen atoms in total. The van der Waals surface area contributed by atoms with E-state index in [1.807, 2.05) is 6.07 Å². The van der Waals surface area contributed by atoms with Crippen LogP contribution in [-0.2, 0) is 0 Å². The van der Waals surface area contributed by atoms with Gasteiger partial charge in [-0.25, -0.2) is 14.4 Å². The number of benzene rings is 1. The number of nitrogens with zero attached hydrogens (tertiary/aromatic N) is 4. The van der Waals surface area contributed by atoms with E-state index in [-0.39, 0.29) is 5.82 Å². The maximum atomic E-state index is 13.0. The van der Waals surface area contributed by atoms with E-state index in [9.17, 15) is 4.39 Å². The first kappa shape index (κ1) is 16.2. The molecule has 0 spiro atoms. The second-order valence-electron chi connectivity index (χ2n) is 6.96. The molecule has 3 heterocycles. The summed E-state index contributed by atoms with van der Waals surface area (Å²) in [5, 5.41) is 0. The van der Waals surface area contributed by atoms with Gasteiger partial charge in [-0.3, -0.25) is 4.90 Å². The highest BCUT2D eigenvalue weighted by atomic mass is 19.1. The Bertz CT molecular complexity index is 731. The topological polar surface area (TPSA) is 32.3 Å². The molecule has 0 bridgehead atoms. The Kier molecular flexibility index (Phi) is 4.49. The lowest BCUT2D eigenvalue weighted by Gasteiger charge is -2.46. The highest BCUT2D eigenvalue weighted by Gasteiger charge is 2.34. The van der Waals surface area contributed by atoms with Crippen molar-refractivity contribution in [1.82, 2.24) is 14.9 Å². The predicted molar refractivity (Wildman–Crippen MR) is 97.8 cm³/mol. The zero-order valence-electron chi connectivity index (χ0n) is 14.3. The number of fused-ring (bicyclic) bond motifs is 1. The highest BCUT2D eigenvalue weighted by Crippen LogP contribution is 2.33. The van der Waals surface area contributed by atoms with Crippen molar-refractivity contribution in [2.45, 2.75) is 18.9 Å². The van der Waals surface area contributed by atoms with Gasteiger partial charge in [0.25, 0.3) is 0 Å². The second kappa shape index (κ2) is 6.92. The molecule has 0 saturated carbocycles. The monoisotopic (exact) mass is 338 g/mol. The van der Waals surface area contributed by atoms with Gasteiger partial charge in [-0.05, 0) is 29.9 Å². The summed E-state index contributed by atoms with van der Waals surface area (Å²) in [7, 11) is 0. The number of piperidine rings is 1. The van der Waals surface area contributed by atoms with Crippen LogP contribution in [0.5, 0.6) is 0 Å². The SMILES string of the molecule is C=C(c1ccccc1)[C@H]1CC[C@H]2CN(c3ncc(F)cn3)CCN2C1. The maximum absolute atomic E-state index is 13.0. The molecule has 0 radical (unpaired) electrons. The van der Waals surface area contributed by atoms with Crippen molar-refractivity contribution in [3.63, 3.8) is 0 Å². The van der Waals surface area contributed by atoms with Crippen molar-refractivity contribution < 1.29 is 4.39 Å². The molecule has 2 aromatic rings. The zero-order valence-corrected chi connectivity index (χ0v) is 14.3. The molecular weight excluding hydrogens is 315 g/mol. The third-order valence-corrected chi connectivity index (χ3v) is 5.43. The third kappa shape index (κ3) is 3.42. The van der Waals surface area contributed by atoms with Gasteiger partial charge in [0, 0.05) is 32.2 Å². The lowest BCUT2D eigenvalue weighted by molar-refractivity contribution is 0.113. The van der Waals surface area contributed by atoms with Crippen LogP contribution in [-0.4, -0.2) is 47.1 Å². The van der Waals surface area contributed by atoms with Crippen LogP contribution >= 0.6 is 0 Å². The minimum Gasteiger partial charge on any atom is -0.338 e. The fourth-order valence-electron chi connectivity index (χ4n) is 4.00. The Labute approximate surface area is 148 Å². The van der Waals surface area contributed by atoms with E-state index in [1.54, 1.807) is 0 Å². The fourth-order valence-corrected chi connectivity index (χ4v) is 4.00. The van der Waals surface area contributed by atoms with E-state index in [4.69, 9.17) is 0 Å². The van der Waals surface area contributed by atoms with Crippen LogP contribution in [0.1, 0.15) is 18.4 Å². The van der Waals surface area contributed by atoms with Gasteiger partial charge in [0.1, 0.15) is 0 Å². The zero-order chi connectivity index (χ0) is 17.2. The minimum absolute atomic E-state index is 0.387. The van der Waals surface area contributed by atoms with Crippen LogP contribution in [0.3, 0.4) is 0 Å². The normalized spacial score (nSPS) is 24.0. The first-order valence-electron chi connectivity index (χ1n) is 8.91. The molecule has 0 amide bonds. The molecule has 4 rings (SSSR count). The maximum Gasteiger partial charge on any atom is 0.225 e. The Balaban J connectivity index is 1.40. The summed E-state index contributed by atoms with van der Waals surface area (Å²) < 4.78 is 13.0. The van der Waals surface area contributed by atoms with E-state index in [2.05, 4.69) is 50.6 Å². The van der Waals surface area contributed by atoms with Crippen molar-refractivity contribution in [1.29, 1.82) is 0 Å². The number of rotatable bonds is 3. The quantitative estimate of drug-likeness (QED) is 0.860. The van der Waals surface area contributed by atoms with Gasteiger partial charge in [-0.1, -0.05) is 36.9 Å². The molecular formula is C20H23FN4. The summed E-state index contributed by atoms with van der Waals surface area (Å²) in [6, 6.07) is 11.0. The molecule has 2 atom stereocenters. The van der Waals surface area contributed by atoms with E-state index in [0.29, 0.717) is 17.9 Å². The third-order valence-electron chi connectivity index (χ3n) is 5.43. The van der Waals surface area contributed by atoms with Crippen LogP contribution in [0, 0.1) is 11.7 Å². The van der Waals surface area contributed by atoms with E-state index in [1.165, 1.54) is 23.5 Å². The summed E-state index contributed by atoms with van der Waals surface area (Å²) in [5.41, 5.74) is 2.51. The number of anilines is 1. The first-order chi connectivity index (χ1) is 12.2. The van der Waals surface area contributed by atoms with E-state index in [0.717, 1.165) is 39.0 Å². The molecule has 2 aliphatic rings. The van der Waals surface area contributed by atoms with Crippen molar-refractivity contribution in [3.05, 3.63) is 60.7 Å². The summed E-state index contributed by atoms with van der Waals surface area (Å²) in [6.45, 7) is 8.21. The Hall–Kier alpha value is -2.27. The fraction of sp³-hybridized carbons (Fsp3) is 0.400. The van der Waals surface area contributed by atoms with Gasteiger partial charge in [0.15, 0.2) is 5.82 Å². The number of halogens is 1. The van der Waals surface area contributed by atoms with Crippen LogP contribution in [0.25, 0.3) is 5.57 Å². The Morgan fingerprint density at radius 3 is 2.56 bits per heavy atom. The molecule has 130 valence electrons. The van der Waals surface area contributed by atoms with Crippen molar-refractivity contribution in [2.75, 3.05) is 31.1 Å². The smallest absolute Gasteiger partial charge is 0.225 e. The number of hydrogen-bond acceptors (Lipinski definition) is 4. The van der Waals surface area contributed by atoms with Crippen molar-refractivity contribution >= 4 is 11.5 Å². The average molecular weight is 338 g/mol. The highest BCUT2D eigenvalue weighted by molar-refractivity contribution is 5.65. The molecule has 0 unspecified atom stereocenters. The average Bonchev–Trinajstić information content (AvgIpc) is 2.68. The largest absolute Gasteiger partial charge is 0.338 e. The lowest BCUT2D eigenvalue weighted by Crippen LogP contribution is -2.56. The number of aromatic nitrogens is 2. The molecule has 2 saturated heterocycles. The molecule has 2 fully saturated rings. The van der Waals surface area contributed by atoms with E-state index >= 15 is 0 Å². The molecule has 1 aromatic carbocycles. The standard InChI is InChI=1S/C20H23FN4/c1-15(16-5-3-2-4-6-16)17-7-8-19-14-25(10-9-24(19)13-17)20-22-11-18(21)12-23-20/h2-6,11-12,17,19H,1,7-10,13-14H2/t17-,19-/m0/s1. The van der Waals surface area contributed by atoms with Gasteiger partial charge in [-0.2, -0.15) is 0 Å². The van der Waals surface area contributed by atoms with Gasteiger partial charge in [-0.15, -0.1) is 0 Å². The number of piperazine rings is 1. The first-order valence-corrected chi connectivity index (χ1v) is 8.91. The van der Waals surface area contributed by atoms with E-state index < -0.39 is 0 Å². The van der Waals surface area contributed by atoms with Gasteiger partial charge in [0.2, 0.25) is 5.95 Å². The predicted octanol–water partition coefficient (Wildman–Crippen LogP) is 3.23. The Morgan fingerprint density at radius 2 is 1.80 bits per heavy atom. The number of hydrogen-bond donors (Lipinski definition) is 0. The molecule has 0 aliphatic carbocycles.